The van der Waals surface area contributed by atoms with Gasteiger partial charge in [-0.1, -0.05) is 13.0 Å². The summed E-state index contributed by atoms with van der Waals surface area (Å²) in [6.45, 7) is 2.90. The quantitative estimate of drug-likeness (QED) is 0.785. The van der Waals surface area contributed by atoms with Crippen molar-refractivity contribution in [2.45, 2.75) is 26.2 Å². The summed E-state index contributed by atoms with van der Waals surface area (Å²) in [6, 6.07) is 5.22. The van der Waals surface area contributed by atoms with Gasteiger partial charge in [0.25, 0.3) is 5.91 Å². The summed E-state index contributed by atoms with van der Waals surface area (Å²) in [5.41, 5.74) is 7.11. The molecule has 0 heterocycles. The number of nitrogens with one attached hydrogen (secondary N) is 1. The lowest BCUT2D eigenvalue weighted by Gasteiger charge is -2.15. The number of benzene rings is 1. The first-order chi connectivity index (χ1) is 8.62. The summed E-state index contributed by atoms with van der Waals surface area (Å²) in [6.07, 6.45) is 3.52. The van der Waals surface area contributed by atoms with Gasteiger partial charge in [-0.3, -0.25) is 4.79 Å². The van der Waals surface area contributed by atoms with Crippen molar-refractivity contribution in [2.24, 2.45) is 5.41 Å². The van der Waals surface area contributed by atoms with Crippen molar-refractivity contribution in [3.8, 4) is 5.75 Å². The highest BCUT2D eigenvalue weighted by Gasteiger charge is 2.40. The zero-order chi connectivity index (χ0) is 13.2. The van der Waals surface area contributed by atoms with E-state index in [0.29, 0.717) is 22.4 Å². The number of nitrogens with two attached hydrogens (primary N) is 1. The van der Waals surface area contributed by atoms with Crippen LogP contribution < -0.4 is 15.8 Å². The Morgan fingerprint density at radius 3 is 2.78 bits per heavy atom. The van der Waals surface area contributed by atoms with Crippen molar-refractivity contribution >= 4 is 11.6 Å². The molecule has 0 radical (unpaired) electrons. The van der Waals surface area contributed by atoms with Crippen LogP contribution in [0.5, 0.6) is 5.75 Å². The molecule has 1 aliphatic carbocycles. The third-order valence-corrected chi connectivity index (χ3v) is 3.83. The monoisotopic (exact) mass is 248 g/mol. The average Bonchev–Trinajstić information content (AvgIpc) is 3.16. The highest BCUT2D eigenvalue weighted by Crippen LogP contribution is 2.47. The Morgan fingerprint density at radius 2 is 2.22 bits per heavy atom. The van der Waals surface area contributed by atoms with E-state index in [1.54, 1.807) is 18.2 Å². The lowest BCUT2D eigenvalue weighted by atomic mass is 10.0. The first kappa shape index (κ1) is 12.7. The molecule has 4 nitrogen and oxygen atoms in total. The Bertz CT molecular complexity index is 453. The van der Waals surface area contributed by atoms with E-state index in [-0.39, 0.29) is 5.91 Å². The molecule has 4 heteroatoms. The Labute approximate surface area is 108 Å². The number of carbonyl (C=O) groups excluding carboxylic acids is 1. The number of amides is 1. The molecule has 1 aromatic rings. The second kappa shape index (κ2) is 4.88. The molecule has 0 bridgehead atoms. The Balaban J connectivity index is 2.07. The van der Waals surface area contributed by atoms with Gasteiger partial charge in [0.1, 0.15) is 0 Å². The maximum Gasteiger partial charge on any atom is 0.255 e. The van der Waals surface area contributed by atoms with Gasteiger partial charge in [-0.2, -0.15) is 0 Å². The van der Waals surface area contributed by atoms with E-state index in [0.717, 1.165) is 13.0 Å². The molecule has 18 heavy (non-hydrogen) atoms. The van der Waals surface area contributed by atoms with Crippen LogP contribution in [-0.4, -0.2) is 19.6 Å². The fraction of sp³-hybridized carbons (Fsp3) is 0.500. The molecule has 0 aliphatic heterocycles. The SMILES string of the molecule is CCC1(CNC(=O)c2cccc(N)c2OC)CC1. The zero-order valence-electron chi connectivity index (χ0n) is 11.0. The minimum absolute atomic E-state index is 0.112. The Kier molecular flexibility index (Phi) is 3.45. The number of ether oxygens (including phenoxy) is 1. The van der Waals surface area contributed by atoms with Crippen LogP contribution in [0.2, 0.25) is 0 Å². The third-order valence-electron chi connectivity index (χ3n) is 3.83. The Hall–Kier alpha value is -1.71. The predicted molar refractivity (Wildman–Crippen MR) is 71.7 cm³/mol. The molecule has 1 aliphatic rings. The van der Waals surface area contributed by atoms with E-state index < -0.39 is 0 Å². The average molecular weight is 248 g/mol. The molecule has 0 unspecified atom stereocenters. The number of rotatable bonds is 5. The van der Waals surface area contributed by atoms with Crippen molar-refractivity contribution in [1.82, 2.24) is 5.32 Å². The van der Waals surface area contributed by atoms with E-state index in [4.69, 9.17) is 10.5 Å². The molecule has 1 fully saturated rings. The molecule has 1 saturated carbocycles. The summed E-state index contributed by atoms with van der Waals surface area (Å²) in [5.74, 6) is 0.343. The first-order valence-corrected chi connectivity index (χ1v) is 6.32. The van der Waals surface area contributed by atoms with E-state index in [2.05, 4.69) is 12.2 Å². The van der Waals surface area contributed by atoms with Gasteiger partial charge in [-0.05, 0) is 36.8 Å². The zero-order valence-corrected chi connectivity index (χ0v) is 11.0. The van der Waals surface area contributed by atoms with E-state index >= 15 is 0 Å². The summed E-state index contributed by atoms with van der Waals surface area (Å²) >= 11 is 0. The van der Waals surface area contributed by atoms with Gasteiger partial charge in [0.2, 0.25) is 0 Å². The van der Waals surface area contributed by atoms with Crippen molar-refractivity contribution in [1.29, 1.82) is 0 Å². The number of para-hydroxylation sites is 1. The van der Waals surface area contributed by atoms with Crippen molar-refractivity contribution in [3.63, 3.8) is 0 Å². The van der Waals surface area contributed by atoms with Crippen LogP contribution in [-0.2, 0) is 0 Å². The number of hydrogen-bond acceptors (Lipinski definition) is 3. The molecule has 2 rings (SSSR count). The van der Waals surface area contributed by atoms with E-state index in [9.17, 15) is 4.79 Å². The number of anilines is 1. The highest BCUT2D eigenvalue weighted by atomic mass is 16.5. The summed E-state index contributed by atoms with van der Waals surface area (Å²) in [4.78, 5) is 12.1. The van der Waals surface area contributed by atoms with Gasteiger partial charge in [-0.25, -0.2) is 0 Å². The molecular formula is C14H20N2O2. The second-order valence-electron chi connectivity index (χ2n) is 4.96. The fourth-order valence-corrected chi connectivity index (χ4v) is 2.16. The van der Waals surface area contributed by atoms with Gasteiger partial charge in [-0.15, -0.1) is 0 Å². The molecule has 98 valence electrons. The molecule has 0 atom stereocenters. The smallest absolute Gasteiger partial charge is 0.255 e. The molecule has 0 aromatic heterocycles. The summed E-state index contributed by atoms with van der Waals surface area (Å²) in [5, 5.41) is 2.98. The molecule has 3 N–H and O–H groups in total. The van der Waals surface area contributed by atoms with Gasteiger partial charge in [0.15, 0.2) is 5.75 Å². The van der Waals surface area contributed by atoms with Gasteiger partial charge in [0, 0.05) is 6.54 Å². The molecular weight excluding hydrogens is 228 g/mol. The van der Waals surface area contributed by atoms with Crippen molar-refractivity contribution in [2.75, 3.05) is 19.4 Å². The molecule has 1 aromatic carbocycles. The summed E-state index contributed by atoms with van der Waals surface area (Å²) in [7, 11) is 1.52. The van der Waals surface area contributed by atoms with Crippen molar-refractivity contribution in [3.05, 3.63) is 23.8 Å². The fourth-order valence-electron chi connectivity index (χ4n) is 2.16. The van der Waals surface area contributed by atoms with Crippen LogP contribution in [0.1, 0.15) is 36.5 Å². The second-order valence-corrected chi connectivity index (χ2v) is 4.96. The van der Waals surface area contributed by atoms with Gasteiger partial charge < -0.3 is 15.8 Å². The topological polar surface area (TPSA) is 64.4 Å². The number of methoxy groups -OCH3 is 1. The molecule has 1 amide bonds. The van der Waals surface area contributed by atoms with Crippen LogP contribution in [0.4, 0.5) is 5.69 Å². The summed E-state index contributed by atoms with van der Waals surface area (Å²) < 4.78 is 5.19. The van der Waals surface area contributed by atoms with Gasteiger partial charge in [0.05, 0.1) is 18.4 Å². The first-order valence-electron chi connectivity index (χ1n) is 6.32. The van der Waals surface area contributed by atoms with Gasteiger partial charge >= 0.3 is 0 Å². The number of hydrogen-bond donors (Lipinski definition) is 2. The standard InChI is InChI=1S/C14H20N2O2/c1-3-14(7-8-14)9-16-13(17)10-5-4-6-11(15)12(10)18-2/h4-6H,3,7-9,15H2,1-2H3,(H,16,17). The maximum atomic E-state index is 12.1. The van der Waals surface area contributed by atoms with Crippen LogP contribution >= 0.6 is 0 Å². The van der Waals surface area contributed by atoms with E-state index in [1.165, 1.54) is 20.0 Å². The lowest BCUT2D eigenvalue weighted by Crippen LogP contribution is -2.30. The number of carbonyl (C=O) groups is 1. The Morgan fingerprint density at radius 1 is 1.50 bits per heavy atom. The highest BCUT2D eigenvalue weighted by molar-refractivity contribution is 5.98. The number of nitrogen functional groups attached to an aromatic ring is 1. The minimum Gasteiger partial charge on any atom is -0.494 e. The van der Waals surface area contributed by atoms with Crippen molar-refractivity contribution < 1.29 is 9.53 Å². The lowest BCUT2D eigenvalue weighted by molar-refractivity contribution is 0.0941. The van der Waals surface area contributed by atoms with E-state index in [1.807, 2.05) is 0 Å². The van der Waals surface area contributed by atoms with Crippen LogP contribution in [0.3, 0.4) is 0 Å². The van der Waals surface area contributed by atoms with Crippen LogP contribution in [0, 0.1) is 5.41 Å². The maximum absolute atomic E-state index is 12.1. The normalized spacial score (nSPS) is 16.1. The third kappa shape index (κ3) is 2.42. The minimum atomic E-state index is -0.112. The molecule has 0 spiro atoms. The largest absolute Gasteiger partial charge is 0.494 e. The predicted octanol–water partition coefficient (Wildman–Crippen LogP) is 2.20. The molecule has 0 saturated heterocycles. The van der Waals surface area contributed by atoms with Crippen LogP contribution in [0.15, 0.2) is 18.2 Å². The van der Waals surface area contributed by atoms with Crippen LogP contribution in [0.25, 0.3) is 0 Å².